The predicted octanol–water partition coefficient (Wildman–Crippen LogP) is 5.43. The molecule has 1 fully saturated rings. The minimum atomic E-state index is -0.0506. The van der Waals surface area contributed by atoms with Crippen LogP contribution in [0.15, 0.2) is 78.1 Å². The van der Waals surface area contributed by atoms with Gasteiger partial charge in [0.25, 0.3) is 0 Å². The summed E-state index contributed by atoms with van der Waals surface area (Å²) in [5.74, 6) is 0.409. The van der Waals surface area contributed by atoms with Crippen molar-refractivity contribution in [1.29, 1.82) is 0 Å². The van der Waals surface area contributed by atoms with Gasteiger partial charge >= 0.3 is 0 Å². The average Bonchev–Trinajstić information content (AvgIpc) is 3.48. The molecule has 2 aromatic carbocycles. The van der Waals surface area contributed by atoms with Gasteiger partial charge in [-0.1, -0.05) is 18.2 Å². The number of hydrogen-bond acceptors (Lipinski definition) is 4. The first-order chi connectivity index (χ1) is 15.7. The number of ether oxygens (including phenoxy) is 1. The highest BCUT2D eigenvalue weighted by molar-refractivity contribution is 7.98. The third-order valence-corrected chi connectivity index (χ3v) is 6.64. The standard InChI is InChI=1S/C26H25N3O2S/c1-32-26-15-23-22(19-11-13-31-17-19)5-2-6-24(23)29(26)21-9-7-20(8-10-21)28-25(30)14-18-4-3-12-27-16-18/h2-10,12,15-16,19H,11,13-14,17H2,1H3,(H,28,30). The predicted molar refractivity (Wildman–Crippen MR) is 130 cm³/mol. The van der Waals surface area contributed by atoms with E-state index in [1.54, 1.807) is 24.2 Å². The number of rotatable bonds is 6. The number of carbonyl (C=O) groups is 1. The minimum Gasteiger partial charge on any atom is -0.381 e. The Kier molecular flexibility index (Phi) is 5.97. The summed E-state index contributed by atoms with van der Waals surface area (Å²) in [6.07, 6.45) is 6.92. The zero-order valence-corrected chi connectivity index (χ0v) is 18.8. The van der Waals surface area contributed by atoms with Gasteiger partial charge in [0.2, 0.25) is 5.91 Å². The highest BCUT2D eigenvalue weighted by atomic mass is 32.2. The molecule has 1 amide bonds. The van der Waals surface area contributed by atoms with Crippen molar-refractivity contribution in [2.24, 2.45) is 0 Å². The molecule has 162 valence electrons. The number of pyridine rings is 1. The molecule has 1 aliphatic heterocycles. The third kappa shape index (κ3) is 4.16. The van der Waals surface area contributed by atoms with Gasteiger partial charge in [-0.25, -0.2) is 0 Å². The Morgan fingerprint density at radius 2 is 2.06 bits per heavy atom. The molecule has 0 spiro atoms. The first-order valence-electron chi connectivity index (χ1n) is 10.8. The van der Waals surface area contributed by atoms with Crippen LogP contribution in [0.2, 0.25) is 0 Å². The number of anilines is 1. The molecular formula is C26H25N3O2S. The maximum Gasteiger partial charge on any atom is 0.228 e. The molecule has 0 saturated carbocycles. The van der Waals surface area contributed by atoms with Crippen LogP contribution in [0, 0.1) is 0 Å². The Hall–Kier alpha value is -3.09. The van der Waals surface area contributed by atoms with Gasteiger partial charge < -0.3 is 14.6 Å². The largest absolute Gasteiger partial charge is 0.381 e. The third-order valence-electron chi connectivity index (χ3n) is 5.92. The number of thioether (sulfide) groups is 1. The second kappa shape index (κ2) is 9.18. The summed E-state index contributed by atoms with van der Waals surface area (Å²) >= 11 is 1.74. The highest BCUT2D eigenvalue weighted by Crippen LogP contribution is 2.36. The first kappa shape index (κ1) is 20.8. The molecule has 1 aliphatic rings. The number of fused-ring (bicyclic) bond motifs is 1. The summed E-state index contributed by atoms with van der Waals surface area (Å²) < 4.78 is 7.93. The van der Waals surface area contributed by atoms with E-state index < -0.39 is 0 Å². The van der Waals surface area contributed by atoms with Gasteiger partial charge in [0.05, 0.1) is 23.6 Å². The van der Waals surface area contributed by atoms with Crippen LogP contribution in [0.1, 0.15) is 23.5 Å². The van der Waals surface area contributed by atoms with E-state index in [9.17, 15) is 4.79 Å². The normalized spacial score (nSPS) is 15.8. The van der Waals surface area contributed by atoms with Crippen molar-refractivity contribution in [2.75, 3.05) is 24.8 Å². The molecule has 3 heterocycles. The van der Waals surface area contributed by atoms with Gasteiger partial charge in [0, 0.05) is 41.7 Å². The van der Waals surface area contributed by atoms with Crippen molar-refractivity contribution >= 4 is 34.3 Å². The summed E-state index contributed by atoms with van der Waals surface area (Å²) in [4.78, 5) is 16.4. The Balaban J connectivity index is 1.41. The van der Waals surface area contributed by atoms with Gasteiger partial charge in [-0.15, -0.1) is 11.8 Å². The van der Waals surface area contributed by atoms with Crippen LogP contribution in [-0.2, 0) is 16.0 Å². The van der Waals surface area contributed by atoms with Crippen molar-refractivity contribution in [3.8, 4) is 5.69 Å². The number of aromatic nitrogens is 2. The molecule has 1 saturated heterocycles. The van der Waals surface area contributed by atoms with E-state index in [0.29, 0.717) is 12.3 Å². The summed E-state index contributed by atoms with van der Waals surface area (Å²) in [6, 6.07) is 20.6. The van der Waals surface area contributed by atoms with Crippen LogP contribution >= 0.6 is 11.8 Å². The highest BCUT2D eigenvalue weighted by Gasteiger charge is 2.22. The SMILES string of the molecule is CSc1cc2c(C3CCOC3)cccc2n1-c1ccc(NC(=O)Cc2cccnc2)cc1. The molecule has 2 aromatic heterocycles. The molecule has 1 N–H and O–H groups in total. The van der Waals surface area contributed by atoms with E-state index in [1.165, 1.54) is 21.5 Å². The van der Waals surface area contributed by atoms with Gasteiger partial charge in [-0.05, 0) is 66.3 Å². The molecular weight excluding hydrogens is 418 g/mol. The lowest BCUT2D eigenvalue weighted by atomic mass is 9.95. The van der Waals surface area contributed by atoms with Crippen molar-refractivity contribution in [3.05, 3.63) is 84.2 Å². The maximum absolute atomic E-state index is 12.4. The van der Waals surface area contributed by atoms with Gasteiger partial charge in [-0.2, -0.15) is 0 Å². The quantitative estimate of drug-likeness (QED) is 0.404. The van der Waals surface area contributed by atoms with E-state index in [0.717, 1.165) is 36.6 Å². The molecule has 4 aromatic rings. The topological polar surface area (TPSA) is 56.1 Å². The van der Waals surface area contributed by atoms with E-state index in [1.807, 2.05) is 24.3 Å². The van der Waals surface area contributed by atoms with Gasteiger partial charge in [-0.3, -0.25) is 9.78 Å². The lowest BCUT2D eigenvalue weighted by Crippen LogP contribution is -2.14. The van der Waals surface area contributed by atoms with E-state index in [4.69, 9.17) is 4.74 Å². The summed E-state index contributed by atoms with van der Waals surface area (Å²) in [5, 5.41) is 5.47. The molecule has 5 rings (SSSR count). The number of carbonyl (C=O) groups excluding carboxylic acids is 1. The Morgan fingerprint density at radius 3 is 2.78 bits per heavy atom. The van der Waals surface area contributed by atoms with Crippen molar-refractivity contribution in [2.45, 2.75) is 23.8 Å². The molecule has 0 bridgehead atoms. The van der Waals surface area contributed by atoms with E-state index in [-0.39, 0.29) is 5.91 Å². The molecule has 5 nitrogen and oxygen atoms in total. The van der Waals surface area contributed by atoms with Crippen molar-refractivity contribution in [3.63, 3.8) is 0 Å². The van der Waals surface area contributed by atoms with Crippen LogP contribution in [0.5, 0.6) is 0 Å². The van der Waals surface area contributed by atoms with Crippen LogP contribution in [0.3, 0.4) is 0 Å². The van der Waals surface area contributed by atoms with Crippen molar-refractivity contribution < 1.29 is 9.53 Å². The summed E-state index contributed by atoms with van der Waals surface area (Å²) in [6.45, 7) is 1.64. The Labute approximate surface area is 191 Å². The lowest BCUT2D eigenvalue weighted by molar-refractivity contribution is -0.115. The van der Waals surface area contributed by atoms with Gasteiger partial charge in [0.1, 0.15) is 0 Å². The number of hydrogen-bond donors (Lipinski definition) is 1. The fraction of sp³-hybridized carbons (Fsp3) is 0.231. The maximum atomic E-state index is 12.4. The Morgan fingerprint density at radius 1 is 1.19 bits per heavy atom. The van der Waals surface area contributed by atoms with E-state index >= 15 is 0 Å². The summed E-state index contributed by atoms with van der Waals surface area (Å²) in [5.41, 5.74) is 5.33. The van der Waals surface area contributed by atoms with Crippen LogP contribution < -0.4 is 5.32 Å². The molecule has 1 atom stereocenters. The zero-order chi connectivity index (χ0) is 21.9. The zero-order valence-electron chi connectivity index (χ0n) is 18.0. The molecule has 32 heavy (non-hydrogen) atoms. The second-order valence-electron chi connectivity index (χ2n) is 8.00. The second-order valence-corrected chi connectivity index (χ2v) is 8.82. The smallest absolute Gasteiger partial charge is 0.228 e. The molecule has 0 aliphatic carbocycles. The van der Waals surface area contributed by atoms with Gasteiger partial charge in [0.15, 0.2) is 0 Å². The first-order valence-corrected chi connectivity index (χ1v) is 12.0. The molecule has 6 heteroatoms. The van der Waals surface area contributed by atoms with Crippen molar-refractivity contribution in [1.82, 2.24) is 9.55 Å². The summed E-state index contributed by atoms with van der Waals surface area (Å²) in [7, 11) is 0. The average molecular weight is 444 g/mol. The molecule has 0 radical (unpaired) electrons. The van der Waals surface area contributed by atoms with Crippen LogP contribution in [0.4, 0.5) is 5.69 Å². The minimum absolute atomic E-state index is 0.0506. The Bertz CT molecular complexity index is 1230. The fourth-order valence-corrected chi connectivity index (χ4v) is 4.99. The number of nitrogens with zero attached hydrogens (tertiary/aromatic N) is 2. The number of amides is 1. The fourth-order valence-electron chi connectivity index (χ4n) is 4.37. The van der Waals surface area contributed by atoms with E-state index in [2.05, 4.69) is 57.5 Å². The lowest BCUT2D eigenvalue weighted by Gasteiger charge is -2.13. The number of benzene rings is 2. The van der Waals surface area contributed by atoms with Crippen LogP contribution in [-0.4, -0.2) is 34.9 Å². The van der Waals surface area contributed by atoms with Crippen LogP contribution in [0.25, 0.3) is 16.6 Å². The monoisotopic (exact) mass is 443 g/mol. The molecule has 1 unspecified atom stereocenters. The number of nitrogens with one attached hydrogen (secondary N) is 1.